The van der Waals surface area contributed by atoms with E-state index in [1.807, 2.05) is 6.07 Å². The van der Waals surface area contributed by atoms with Gasteiger partial charge in [-0.15, -0.1) is 0 Å². The first-order chi connectivity index (χ1) is 10.5. The van der Waals surface area contributed by atoms with E-state index >= 15 is 0 Å². The average Bonchev–Trinajstić information content (AvgIpc) is 2.70. The Morgan fingerprint density at radius 2 is 1.73 bits per heavy atom. The van der Waals surface area contributed by atoms with Crippen LogP contribution in [0.15, 0.2) is 12.1 Å². The highest BCUT2D eigenvalue weighted by Crippen LogP contribution is 2.31. The van der Waals surface area contributed by atoms with Crippen molar-refractivity contribution in [3.8, 4) is 6.07 Å². The van der Waals surface area contributed by atoms with Crippen LogP contribution in [0.2, 0.25) is 10.0 Å². The lowest BCUT2D eigenvalue weighted by Crippen LogP contribution is -2.35. The van der Waals surface area contributed by atoms with Gasteiger partial charge in [-0.1, -0.05) is 23.2 Å². The molecule has 0 N–H and O–H groups in total. The number of carbonyl (C=O) groups excluding carboxylic acids is 3. The summed E-state index contributed by atoms with van der Waals surface area (Å²) in [5.41, 5.74) is 0.216. The van der Waals surface area contributed by atoms with Crippen molar-refractivity contribution in [3.05, 3.63) is 33.3 Å². The molecule has 0 saturated carbocycles. The van der Waals surface area contributed by atoms with Crippen LogP contribution in [-0.4, -0.2) is 35.8 Å². The summed E-state index contributed by atoms with van der Waals surface area (Å²) >= 11 is 11.7. The largest absolute Gasteiger partial charge is 0.464 e. The molecule has 114 valence electrons. The van der Waals surface area contributed by atoms with Crippen molar-refractivity contribution >= 4 is 41.0 Å². The van der Waals surface area contributed by atoms with Crippen LogP contribution in [0.3, 0.4) is 0 Å². The molecular weight excluding hydrogens is 331 g/mol. The molecule has 6 nitrogen and oxygen atoms in total. The van der Waals surface area contributed by atoms with Gasteiger partial charge in [0.25, 0.3) is 11.8 Å². The monoisotopic (exact) mass is 340 g/mol. The summed E-state index contributed by atoms with van der Waals surface area (Å²) in [5, 5.41) is 8.68. The predicted molar refractivity (Wildman–Crippen MR) is 77.6 cm³/mol. The van der Waals surface area contributed by atoms with E-state index in [2.05, 4.69) is 0 Å². The number of fused-ring (bicyclic) bond motifs is 1. The smallest absolute Gasteiger partial charge is 0.326 e. The summed E-state index contributed by atoms with van der Waals surface area (Å²) < 4.78 is 4.86. The van der Waals surface area contributed by atoms with Crippen LogP contribution in [0.1, 0.15) is 33.6 Å². The molecule has 0 bridgehead atoms. The highest BCUT2D eigenvalue weighted by molar-refractivity contribution is 6.43. The van der Waals surface area contributed by atoms with E-state index in [0.717, 1.165) is 4.90 Å². The van der Waals surface area contributed by atoms with E-state index in [1.54, 1.807) is 0 Å². The lowest BCUT2D eigenvalue weighted by molar-refractivity contribution is -0.143. The van der Waals surface area contributed by atoms with E-state index < -0.39 is 24.3 Å². The van der Waals surface area contributed by atoms with Crippen LogP contribution in [0, 0.1) is 11.3 Å². The minimum Gasteiger partial charge on any atom is -0.464 e. The van der Waals surface area contributed by atoms with Crippen LogP contribution >= 0.6 is 23.2 Å². The van der Waals surface area contributed by atoms with Crippen molar-refractivity contribution in [1.29, 1.82) is 5.26 Å². The number of imide groups is 1. The molecule has 0 saturated heterocycles. The number of amides is 2. The number of rotatable bonds is 5. The van der Waals surface area contributed by atoms with E-state index in [-0.39, 0.29) is 34.2 Å². The molecule has 0 radical (unpaired) electrons. The average molecular weight is 341 g/mol. The van der Waals surface area contributed by atoms with Crippen LogP contribution in [0.4, 0.5) is 0 Å². The number of benzene rings is 1. The van der Waals surface area contributed by atoms with E-state index in [0.29, 0.717) is 6.42 Å². The van der Waals surface area contributed by atoms with E-state index in [4.69, 9.17) is 33.2 Å². The van der Waals surface area contributed by atoms with Crippen molar-refractivity contribution in [1.82, 2.24) is 4.90 Å². The summed E-state index contributed by atoms with van der Waals surface area (Å²) in [4.78, 5) is 36.7. The molecule has 1 aromatic carbocycles. The van der Waals surface area contributed by atoms with Crippen molar-refractivity contribution in [3.63, 3.8) is 0 Å². The predicted octanol–water partition coefficient (Wildman–Crippen LogP) is 2.44. The molecular formula is C14H10Cl2N2O4. The SMILES string of the molecule is N#CCCCOC(=O)CN1C(=O)c2cc(Cl)c(Cl)cc2C1=O. The zero-order chi connectivity index (χ0) is 16.3. The van der Waals surface area contributed by atoms with Gasteiger partial charge in [-0.2, -0.15) is 5.26 Å². The molecule has 0 fully saturated rings. The number of nitriles is 1. The number of unbranched alkanes of at least 4 members (excludes halogenated alkanes) is 1. The first kappa shape index (κ1) is 16.3. The maximum absolute atomic E-state index is 12.1. The minimum absolute atomic E-state index is 0.0627. The van der Waals surface area contributed by atoms with Crippen LogP contribution in [0.25, 0.3) is 0 Å². The Balaban J connectivity index is 2.06. The summed E-state index contributed by atoms with van der Waals surface area (Å²) in [7, 11) is 0. The van der Waals surface area contributed by atoms with Gasteiger partial charge in [0.1, 0.15) is 6.54 Å². The van der Waals surface area contributed by atoms with Gasteiger partial charge in [0, 0.05) is 6.42 Å². The van der Waals surface area contributed by atoms with Crippen molar-refractivity contribution in [2.75, 3.05) is 13.2 Å². The first-order valence-corrected chi connectivity index (χ1v) is 7.09. The Bertz CT molecular complexity index is 656. The van der Waals surface area contributed by atoms with Gasteiger partial charge in [-0.05, 0) is 18.6 Å². The fraction of sp³-hybridized carbons (Fsp3) is 0.286. The Morgan fingerprint density at radius 3 is 2.23 bits per heavy atom. The maximum atomic E-state index is 12.1. The topological polar surface area (TPSA) is 87.5 Å². The summed E-state index contributed by atoms with van der Waals surface area (Å²) in [6.07, 6.45) is 0.660. The Kier molecular flexibility index (Phi) is 5.01. The molecule has 0 aliphatic carbocycles. The fourth-order valence-electron chi connectivity index (χ4n) is 1.94. The normalized spacial score (nSPS) is 13.0. The Morgan fingerprint density at radius 1 is 1.18 bits per heavy atom. The molecule has 8 heteroatoms. The van der Waals surface area contributed by atoms with Gasteiger partial charge in [0.15, 0.2) is 0 Å². The lowest BCUT2D eigenvalue weighted by atomic mass is 10.1. The van der Waals surface area contributed by atoms with Gasteiger partial charge in [0.05, 0.1) is 33.8 Å². The number of esters is 1. The number of nitrogens with zero attached hydrogens (tertiary/aromatic N) is 2. The second kappa shape index (κ2) is 6.77. The maximum Gasteiger partial charge on any atom is 0.326 e. The second-order valence-corrected chi connectivity index (χ2v) is 5.30. The van der Waals surface area contributed by atoms with Gasteiger partial charge in [-0.25, -0.2) is 0 Å². The molecule has 0 atom stereocenters. The molecule has 0 unspecified atom stereocenters. The highest BCUT2D eigenvalue weighted by atomic mass is 35.5. The van der Waals surface area contributed by atoms with Gasteiger partial charge < -0.3 is 4.74 Å². The summed E-state index contributed by atoms with van der Waals surface area (Å²) in [6, 6.07) is 4.52. The van der Waals surface area contributed by atoms with Gasteiger partial charge >= 0.3 is 5.97 Å². The fourth-order valence-corrected chi connectivity index (χ4v) is 2.27. The number of hydrogen-bond acceptors (Lipinski definition) is 5. The summed E-state index contributed by atoms with van der Waals surface area (Å²) in [6.45, 7) is -0.429. The molecule has 1 heterocycles. The molecule has 1 aliphatic rings. The van der Waals surface area contributed by atoms with E-state index in [9.17, 15) is 14.4 Å². The quantitative estimate of drug-likeness (QED) is 0.466. The zero-order valence-corrected chi connectivity index (χ0v) is 12.8. The number of hydrogen-bond donors (Lipinski definition) is 0. The third-order valence-electron chi connectivity index (χ3n) is 2.99. The molecule has 1 aliphatic heterocycles. The summed E-state index contributed by atoms with van der Waals surface area (Å²) in [5.74, 6) is -1.95. The number of ether oxygens (including phenoxy) is 1. The molecule has 1 aromatic rings. The number of halogens is 2. The third kappa shape index (κ3) is 3.21. The van der Waals surface area contributed by atoms with Crippen molar-refractivity contribution < 1.29 is 19.1 Å². The highest BCUT2D eigenvalue weighted by Gasteiger charge is 2.37. The third-order valence-corrected chi connectivity index (χ3v) is 3.72. The molecule has 0 aromatic heterocycles. The Labute approximate surface area is 136 Å². The van der Waals surface area contributed by atoms with E-state index in [1.165, 1.54) is 12.1 Å². The zero-order valence-electron chi connectivity index (χ0n) is 11.3. The van der Waals surface area contributed by atoms with Crippen molar-refractivity contribution in [2.24, 2.45) is 0 Å². The molecule has 0 spiro atoms. The molecule has 22 heavy (non-hydrogen) atoms. The number of carbonyl (C=O) groups is 3. The first-order valence-electron chi connectivity index (χ1n) is 6.33. The van der Waals surface area contributed by atoms with Crippen LogP contribution in [0.5, 0.6) is 0 Å². The lowest BCUT2D eigenvalue weighted by Gasteiger charge is -2.12. The molecule has 2 rings (SSSR count). The van der Waals surface area contributed by atoms with Gasteiger partial charge in [-0.3, -0.25) is 19.3 Å². The minimum atomic E-state index is -0.718. The standard InChI is InChI=1S/C14H10Cl2N2O4/c15-10-5-8-9(6-11(10)16)14(21)18(13(8)20)7-12(19)22-4-2-1-3-17/h5-6H,1-2,4,7H2. The van der Waals surface area contributed by atoms with Crippen LogP contribution < -0.4 is 0 Å². The van der Waals surface area contributed by atoms with Gasteiger partial charge in [0.2, 0.25) is 0 Å². The van der Waals surface area contributed by atoms with Crippen molar-refractivity contribution in [2.45, 2.75) is 12.8 Å². The second-order valence-electron chi connectivity index (χ2n) is 4.49. The van der Waals surface area contributed by atoms with Crippen LogP contribution in [-0.2, 0) is 9.53 Å². The molecule has 2 amide bonds. The Hall–Kier alpha value is -2.10.